The van der Waals surface area contributed by atoms with Crippen LogP contribution in [0.2, 0.25) is 0 Å². The lowest BCUT2D eigenvalue weighted by molar-refractivity contribution is 0.603. The molecule has 122 valence electrons. The molecule has 3 aromatic rings. The average Bonchev–Trinajstić information content (AvgIpc) is 3.06. The molecule has 0 aliphatic carbocycles. The van der Waals surface area contributed by atoms with E-state index in [4.69, 9.17) is 12.2 Å². The van der Waals surface area contributed by atoms with Gasteiger partial charge in [-0.15, -0.1) is 10.2 Å². The van der Waals surface area contributed by atoms with Crippen molar-refractivity contribution in [1.29, 1.82) is 0 Å². The van der Waals surface area contributed by atoms with Crippen LogP contribution in [0.25, 0.3) is 11.5 Å². The van der Waals surface area contributed by atoms with Gasteiger partial charge in [-0.05, 0) is 50.3 Å². The number of aromatic nitrogens is 5. The first-order valence-electron chi connectivity index (χ1n) is 7.49. The Morgan fingerprint density at radius 1 is 1.08 bits per heavy atom. The van der Waals surface area contributed by atoms with Gasteiger partial charge in [0.05, 0.1) is 0 Å². The van der Waals surface area contributed by atoms with Crippen LogP contribution < -0.4 is 10.6 Å². The minimum absolute atomic E-state index is 0.250. The maximum absolute atomic E-state index is 5.29. The molecule has 2 N–H and O–H groups in total. The Hall–Kier alpha value is -2.87. The molecule has 0 aliphatic heterocycles. The second-order valence-electron chi connectivity index (χ2n) is 5.36. The highest BCUT2D eigenvalue weighted by Gasteiger charge is 2.12. The molecule has 0 amide bonds. The number of nitrogens with zero attached hydrogens (tertiary/aromatic N) is 5. The Morgan fingerprint density at radius 3 is 2.62 bits per heavy atom. The predicted octanol–water partition coefficient (Wildman–Crippen LogP) is 3.12. The van der Waals surface area contributed by atoms with Gasteiger partial charge in [0, 0.05) is 12.2 Å². The van der Waals surface area contributed by atoms with Crippen LogP contribution in [0, 0.1) is 0 Å². The molecule has 0 aromatic carbocycles. The van der Waals surface area contributed by atoms with Crippen LogP contribution in [0.4, 0.5) is 11.6 Å². The van der Waals surface area contributed by atoms with Gasteiger partial charge in [0.15, 0.2) is 10.9 Å². The minimum Gasteiger partial charge on any atom is -0.317 e. The van der Waals surface area contributed by atoms with E-state index in [2.05, 4.69) is 44.6 Å². The van der Waals surface area contributed by atoms with Crippen LogP contribution in [-0.4, -0.2) is 29.8 Å². The lowest BCUT2D eigenvalue weighted by Crippen LogP contribution is -2.20. The first-order chi connectivity index (χ1) is 11.6. The van der Waals surface area contributed by atoms with E-state index in [1.54, 1.807) is 12.5 Å². The van der Waals surface area contributed by atoms with Gasteiger partial charge in [0.1, 0.15) is 23.7 Å². The van der Waals surface area contributed by atoms with E-state index in [-0.39, 0.29) is 6.04 Å². The fraction of sp³-hybridized carbons (Fsp3) is 0.188. The summed E-state index contributed by atoms with van der Waals surface area (Å²) in [4.78, 5) is 8.73. The number of hydrogen-bond acceptors (Lipinski definition) is 5. The lowest BCUT2D eigenvalue weighted by atomic mass is 10.3. The Labute approximate surface area is 145 Å². The summed E-state index contributed by atoms with van der Waals surface area (Å²) in [6.07, 6.45) is 3.40. The minimum atomic E-state index is 0.250. The van der Waals surface area contributed by atoms with Gasteiger partial charge in [-0.25, -0.2) is 9.97 Å². The molecule has 0 radical (unpaired) electrons. The van der Waals surface area contributed by atoms with Gasteiger partial charge < -0.3 is 15.2 Å². The smallest absolute Gasteiger partial charge is 0.182 e. The van der Waals surface area contributed by atoms with Gasteiger partial charge in [0.25, 0.3) is 0 Å². The van der Waals surface area contributed by atoms with E-state index in [9.17, 15) is 0 Å². The second-order valence-corrected chi connectivity index (χ2v) is 5.77. The Kier molecular flexibility index (Phi) is 4.76. The zero-order valence-electron chi connectivity index (χ0n) is 13.3. The molecule has 0 bridgehead atoms. The SMILES string of the molecule is CC(C)n1cnnc1-c1cccc(NC(=S)Nc2ccccn2)n1. The highest BCUT2D eigenvalue weighted by Crippen LogP contribution is 2.19. The molecule has 0 saturated heterocycles. The lowest BCUT2D eigenvalue weighted by Gasteiger charge is -2.12. The summed E-state index contributed by atoms with van der Waals surface area (Å²) in [6, 6.07) is 11.4. The molecule has 0 fully saturated rings. The average molecular weight is 339 g/mol. The standard InChI is InChI=1S/C16H17N7S/c1-11(2)23-10-18-22-15(23)12-6-5-8-14(19-12)21-16(24)20-13-7-3-4-9-17-13/h3-11H,1-2H3,(H2,17,19,20,21,24). The predicted molar refractivity (Wildman–Crippen MR) is 97.7 cm³/mol. The first-order valence-corrected chi connectivity index (χ1v) is 7.90. The van der Waals surface area contributed by atoms with Crippen molar-refractivity contribution in [3.05, 3.63) is 48.9 Å². The summed E-state index contributed by atoms with van der Waals surface area (Å²) < 4.78 is 1.97. The van der Waals surface area contributed by atoms with Gasteiger partial charge in [-0.1, -0.05) is 12.1 Å². The van der Waals surface area contributed by atoms with E-state index < -0.39 is 0 Å². The molecule has 0 atom stereocenters. The molecule has 0 spiro atoms. The maximum Gasteiger partial charge on any atom is 0.182 e. The van der Waals surface area contributed by atoms with Crippen molar-refractivity contribution in [1.82, 2.24) is 24.7 Å². The number of pyridine rings is 2. The van der Waals surface area contributed by atoms with E-state index in [0.29, 0.717) is 16.7 Å². The Morgan fingerprint density at radius 2 is 1.88 bits per heavy atom. The number of rotatable bonds is 4. The molecule has 7 nitrogen and oxygen atoms in total. The zero-order chi connectivity index (χ0) is 16.9. The van der Waals surface area contributed by atoms with E-state index in [1.165, 1.54) is 0 Å². The molecule has 24 heavy (non-hydrogen) atoms. The summed E-state index contributed by atoms with van der Waals surface area (Å²) in [6.45, 7) is 4.14. The Bertz CT molecular complexity index is 829. The molecule has 0 saturated carbocycles. The van der Waals surface area contributed by atoms with Crippen LogP contribution in [0.3, 0.4) is 0 Å². The van der Waals surface area contributed by atoms with Gasteiger partial charge >= 0.3 is 0 Å². The van der Waals surface area contributed by atoms with Crippen molar-refractivity contribution in [3.8, 4) is 11.5 Å². The summed E-state index contributed by atoms with van der Waals surface area (Å²) in [5, 5.41) is 14.6. The summed E-state index contributed by atoms with van der Waals surface area (Å²) >= 11 is 5.29. The van der Waals surface area contributed by atoms with Crippen LogP contribution in [0.5, 0.6) is 0 Å². The van der Waals surface area contributed by atoms with Gasteiger partial charge in [0.2, 0.25) is 0 Å². The molecule has 0 aliphatic rings. The number of hydrogen-bond donors (Lipinski definition) is 2. The van der Waals surface area contributed by atoms with E-state index in [1.807, 2.05) is 41.0 Å². The normalized spacial score (nSPS) is 10.6. The third kappa shape index (κ3) is 3.72. The van der Waals surface area contributed by atoms with Crippen molar-refractivity contribution in [2.45, 2.75) is 19.9 Å². The van der Waals surface area contributed by atoms with Crippen LogP contribution in [-0.2, 0) is 0 Å². The topological polar surface area (TPSA) is 80.5 Å². The Balaban J connectivity index is 1.76. The van der Waals surface area contributed by atoms with Crippen LogP contribution in [0.15, 0.2) is 48.9 Å². The molecule has 3 rings (SSSR count). The second kappa shape index (κ2) is 7.14. The molecule has 8 heteroatoms. The molecule has 0 unspecified atom stereocenters. The van der Waals surface area contributed by atoms with Crippen molar-refractivity contribution >= 4 is 29.0 Å². The number of thiocarbonyl (C=S) groups is 1. The third-order valence-corrected chi connectivity index (χ3v) is 3.46. The summed E-state index contributed by atoms with van der Waals surface area (Å²) in [5.41, 5.74) is 0.729. The summed E-state index contributed by atoms with van der Waals surface area (Å²) in [5.74, 6) is 2.02. The largest absolute Gasteiger partial charge is 0.317 e. The van der Waals surface area contributed by atoms with Gasteiger partial charge in [-0.3, -0.25) is 0 Å². The quantitative estimate of drug-likeness (QED) is 0.707. The highest BCUT2D eigenvalue weighted by atomic mass is 32.1. The molecule has 3 heterocycles. The van der Waals surface area contributed by atoms with Crippen molar-refractivity contribution < 1.29 is 0 Å². The molecule has 3 aromatic heterocycles. The first kappa shape index (κ1) is 16.0. The van der Waals surface area contributed by atoms with Gasteiger partial charge in [-0.2, -0.15) is 0 Å². The van der Waals surface area contributed by atoms with Crippen LogP contribution >= 0.6 is 12.2 Å². The van der Waals surface area contributed by atoms with E-state index >= 15 is 0 Å². The monoisotopic (exact) mass is 339 g/mol. The number of nitrogens with one attached hydrogen (secondary N) is 2. The molecular formula is C16H17N7S. The van der Waals surface area contributed by atoms with Crippen molar-refractivity contribution in [2.24, 2.45) is 0 Å². The van der Waals surface area contributed by atoms with Crippen molar-refractivity contribution in [3.63, 3.8) is 0 Å². The third-order valence-electron chi connectivity index (χ3n) is 3.26. The van der Waals surface area contributed by atoms with Crippen molar-refractivity contribution in [2.75, 3.05) is 10.6 Å². The summed E-state index contributed by atoms with van der Waals surface area (Å²) in [7, 11) is 0. The highest BCUT2D eigenvalue weighted by molar-refractivity contribution is 7.80. The fourth-order valence-electron chi connectivity index (χ4n) is 2.13. The zero-order valence-corrected chi connectivity index (χ0v) is 14.2. The number of anilines is 2. The fourth-order valence-corrected chi connectivity index (χ4v) is 2.34. The van der Waals surface area contributed by atoms with Crippen LogP contribution in [0.1, 0.15) is 19.9 Å². The molecular weight excluding hydrogens is 322 g/mol. The van der Waals surface area contributed by atoms with E-state index in [0.717, 1.165) is 11.5 Å². The maximum atomic E-state index is 5.29.